The molecule has 6 nitrogen and oxygen atoms in total. The second-order valence-corrected chi connectivity index (χ2v) is 6.57. The van der Waals surface area contributed by atoms with Gasteiger partial charge >= 0.3 is 0 Å². The van der Waals surface area contributed by atoms with E-state index in [0.29, 0.717) is 23.1 Å². The molecule has 0 radical (unpaired) electrons. The lowest BCUT2D eigenvalue weighted by molar-refractivity contribution is 0.485. The second kappa shape index (κ2) is 8.76. The third-order valence-electron chi connectivity index (χ3n) is 4.22. The van der Waals surface area contributed by atoms with Crippen LogP contribution in [0.25, 0.3) is 0 Å². The number of para-hydroxylation sites is 3. The Morgan fingerprint density at radius 2 is 1.63 bits per heavy atom. The predicted octanol–water partition coefficient (Wildman–Crippen LogP) is 5.94. The van der Waals surface area contributed by atoms with Gasteiger partial charge in [-0.2, -0.15) is 10.2 Å². The summed E-state index contributed by atoms with van der Waals surface area (Å²) >= 11 is 0. The second-order valence-electron chi connectivity index (χ2n) is 6.57. The molecule has 3 aromatic carbocycles. The highest BCUT2D eigenvalue weighted by molar-refractivity contribution is 5.65. The summed E-state index contributed by atoms with van der Waals surface area (Å²) in [6.07, 6.45) is 0. The van der Waals surface area contributed by atoms with Crippen LogP contribution in [-0.2, 0) is 0 Å². The first-order valence-electron chi connectivity index (χ1n) is 9.41. The average Bonchev–Trinajstić information content (AvgIpc) is 2.75. The van der Waals surface area contributed by atoms with Crippen molar-refractivity contribution in [3.05, 3.63) is 96.2 Å². The Morgan fingerprint density at radius 3 is 2.47 bits per heavy atom. The molecule has 4 aromatic rings. The average molecular weight is 393 g/mol. The van der Waals surface area contributed by atoms with Crippen molar-refractivity contribution in [2.45, 2.75) is 6.92 Å². The van der Waals surface area contributed by atoms with Crippen molar-refractivity contribution in [1.29, 1.82) is 5.26 Å². The molecule has 0 bridgehead atoms. The summed E-state index contributed by atoms with van der Waals surface area (Å²) in [4.78, 5) is 9.04. The third kappa shape index (κ3) is 4.72. The maximum atomic E-state index is 9.09. The molecule has 0 aliphatic heterocycles. The maximum absolute atomic E-state index is 9.09. The van der Waals surface area contributed by atoms with Crippen LogP contribution in [0.2, 0.25) is 0 Å². The number of ether oxygens (including phenoxy) is 1. The molecule has 4 rings (SSSR count). The minimum Gasteiger partial charge on any atom is -0.455 e. The van der Waals surface area contributed by atoms with Crippen LogP contribution in [0.1, 0.15) is 11.3 Å². The molecule has 0 amide bonds. The lowest BCUT2D eigenvalue weighted by atomic mass is 10.2. The van der Waals surface area contributed by atoms with Crippen molar-refractivity contribution in [1.82, 2.24) is 9.97 Å². The zero-order valence-electron chi connectivity index (χ0n) is 16.3. The molecular weight excluding hydrogens is 374 g/mol. The molecular formula is C24H19N5O. The number of hydrogen-bond acceptors (Lipinski definition) is 6. The zero-order valence-corrected chi connectivity index (χ0v) is 16.3. The maximum Gasteiger partial charge on any atom is 0.229 e. The quantitative estimate of drug-likeness (QED) is 0.422. The van der Waals surface area contributed by atoms with Crippen LogP contribution < -0.4 is 15.4 Å². The Labute approximate surface area is 174 Å². The van der Waals surface area contributed by atoms with Crippen LogP contribution in [0.3, 0.4) is 0 Å². The molecule has 0 spiro atoms. The molecule has 6 heteroatoms. The molecule has 0 saturated carbocycles. The molecule has 30 heavy (non-hydrogen) atoms. The highest BCUT2D eigenvalue weighted by Crippen LogP contribution is 2.31. The SMILES string of the molecule is Cc1cc(Nc2cccc(C#N)c2)nc(Nc2ccccc2Oc2ccccc2)n1. The standard InChI is InChI=1S/C24H19N5O/c1-17-14-23(27-19-9-7-8-18(15-19)16-25)29-24(26-17)28-21-12-5-6-13-22(21)30-20-10-3-2-4-11-20/h2-15H,1H3,(H2,26,27,28,29). The minimum absolute atomic E-state index is 0.443. The van der Waals surface area contributed by atoms with Crippen LogP contribution in [0.4, 0.5) is 23.1 Å². The number of nitrogens with zero attached hydrogens (tertiary/aromatic N) is 3. The van der Waals surface area contributed by atoms with Crippen LogP contribution in [0, 0.1) is 18.3 Å². The van der Waals surface area contributed by atoms with Gasteiger partial charge in [0.15, 0.2) is 5.75 Å². The topological polar surface area (TPSA) is 82.9 Å². The van der Waals surface area contributed by atoms with Crippen LogP contribution in [0.5, 0.6) is 11.5 Å². The first-order valence-corrected chi connectivity index (χ1v) is 9.41. The van der Waals surface area contributed by atoms with E-state index in [-0.39, 0.29) is 0 Å². The molecule has 1 aromatic heterocycles. The number of benzene rings is 3. The van der Waals surface area contributed by atoms with Crippen molar-refractivity contribution < 1.29 is 4.74 Å². The van der Waals surface area contributed by atoms with Crippen molar-refractivity contribution in [2.24, 2.45) is 0 Å². The van der Waals surface area contributed by atoms with E-state index >= 15 is 0 Å². The fourth-order valence-corrected chi connectivity index (χ4v) is 2.90. The molecule has 2 N–H and O–H groups in total. The minimum atomic E-state index is 0.443. The fourth-order valence-electron chi connectivity index (χ4n) is 2.90. The Morgan fingerprint density at radius 1 is 0.833 bits per heavy atom. The smallest absolute Gasteiger partial charge is 0.229 e. The van der Waals surface area contributed by atoms with Crippen molar-refractivity contribution in [3.8, 4) is 17.6 Å². The normalized spacial score (nSPS) is 10.1. The molecule has 1 heterocycles. The summed E-state index contributed by atoms with van der Waals surface area (Å²) in [5, 5.41) is 15.6. The van der Waals surface area contributed by atoms with Gasteiger partial charge in [0.05, 0.1) is 17.3 Å². The largest absolute Gasteiger partial charge is 0.455 e. The molecule has 0 aliphatic rings. The predicted molar refractivity (Wildman–Crippen MR) is 117 cm³/mol. The summed E-state index contributed by atoms with van der Waals surface area (Å²) in [5.74, 6) is 2.49. The number of aryl methyl sites for hydroxylation is 1. The van der Waals surface area contributed by atoms with E-state index in [9.17, 15) is 0 Å². The van der Waals surface area contributed by atoms with E-state index in [1.54, 1.807) is 12.1 Å². The molecule has 0 saturated heterocycles. The summed E-state index contributed by atoms with van der Waals surface area (Å²) in [6.45, 7) is 1.90. The molecule has 0 aliphatic carbocycles. The third-order valence-corrected chi connectivity index (χ3v) is 4.22. The summed E-state index contributed by atoms with van der Waals surface area (Å²) in [5.41, 5.74) is 2.92. The van der Waals surface area contributed by atoms with Crippen molar-refractivity contribution >= 4 is 23.1 Å². The number of nitriles is 1. The number of rotatable bonds is 6. The number of anilines is 4. The molecule has 0 fully saturated rings. The van der Waals surface area contributed by atoms with Gasteiger partial charge < -0.3 is 15.4 Å². The fraction of sp³-hybridized carbons (Fsp3) is 0.0417. The number of aromatic nitrogens is 2. The first-order chi connectivity index (χ1) is 14.7. The summed E-state index contributed by atoms with van der Waals surface area (Å²) in [7, 11) is 0. The highest BCUT2D eigenvalue weighted by Gasteiger charge is 2.08. The van der Waals surface area contributed by atoms with Gasteiger partial charge in [0.1, 0.15) is 11.6 Å². The van der Waals surface area contributed by atoms with Gasteiger partial charge in [0.2, 0.25) is 5.95 Å². The highest BCUT2D eigenvalue weighted by atomic mass is 16.5. The van der Waals surface area contributed by atoms with Crippen LogP contribution in [-0.4, -0.2) is 9.97 Å². The van der Waals surface area contributed by atoms with E-state index in [4.69, 9.17) is 10.00 Å². The van der Waals surface area contributed by atoms with Gasteiger partial charge in [-0.15, -0.1) is 0 Å². The molecule has 146 valence electrons. The Hall–Kier alpha value is -4.37. The van der Waals surface area contributed by atoms with Crippen LogP contribution >= 0.6 is 0 Å². The Bertz CT molecular complexity index is 1200. The number of hydrogen-bond donors (Lipinski definition) is 2. The van der Waals surface area contributed by atoms with E-state index < -0.39 is 0 Å². The number of nitrogens with one attached hydrogen (secondary N) is 2. The van der Waals surface area contributed by atoms with Gasteiger partial charge in [-0.3, -0.25) is 0 Å². The Balaban J connectivity index is 1.58. The zero-order chi connectivity index (χ0) is 20.8. The summed E-state index contributed by atoms with van der Waals surface area (Å²) in [6, 6.07) is 28.4. The van der Waals surface area contributed by atoms with Gasteiger partial charge in [0.25, 0.3) is 0 Å². The van der Waals surface area contributed by atoms with Crippen molar-refractivity contribution in [3.63, 3.8) is 0 Å². The van der Waals surface area contributed by atoms with Gasteiger partial charge in [-0.25, -0.2) is 4.98 Å². The lowest BCUT2D eigenvalue weighted by Gasteiger charge is -2.13. The first kappa shape index (κ1) is 19.0. The van der Waals surface area contributed by atoms with Crippen molar-refractivity contribution in [2.75, 3.05) is 10.6 Å². The Kier molecular flexibility index (Phi) is 5.54. The van der Waals surface area contributed by atoms with E-state index in [2.05, 4.69) is 26.7 Å². The molecule has 0 unspecified atom stereocenters. The summed E-state index contributed by atoms with van der Waals surface area (Å²) < 4.78 is 6.00. The van der Waals surface area contributed by atoms with Gasteiger partial charge in [-0.1, -0.05) is 36.4 Å². The van der Waals surface area contributed by atoms with E-state index in [1.165, 1.54) is 0 Å². The van der Waals surface area contributed by atoms with Gasteiger partial charge in [-0.05, 0) is 49.4 Å². The monoisotopic (exact) mass is 393 g/mol. The van der Waals surface area contributed by atoms with Crippen LogP contribution in [0.15, 0.2) is 84.9 Å². The lowest BCUT2D eigenvalue weighted by Crippen LogP contribution is -2.03. The van der Waals surface area contributed by atoms with Gasteiger partial charge in [0, 0.05) is 17.4 Å². The van der Waals surface area contributed by atoms with E-state index in [1.807, 2.05) is 79.7 Å². The van der Waals surface area contributed by atoms with E-state index in [0.717, 1.165) is 22.8 Å². The molecule has 0 atom stereocenters.